The zero-order chi connectivity index (χ0) is 17.7. The lowest BCUT2D eigenvalue weighted by Crippen LogP contribution is -2.12. The van der Waals surface area contributed by atoms with Crippen molar-refractivity contribution in [3.8, 4) is 0 Å². The molecule has 124 valence electrons. The Morgan fingerprint density at radius 2 is 1.92 bits per heavy atom. The van der Waals surface area contributed by atoms with Crippen LogP contribution in [0, 0.1) is 17.0 Å². The standard InChI is InChI=1S/C17H12N4O4/c1-8-6-9(21(24)25)7-11-13(17(22)19-14(8)11)16-15(20-23)10-4-2-3-5-12(10)18-16/h2-7,18,23H,1H3,(H,19,22)/b16-13-,20-15-. The molecule has 0 aliphatic carbocycles. The third-order valence-corrected chi connectivity index (χ3v) is 4.29. The zero-order valence-electron chi connectivity index (χ0n) is 13.0. The van der Waals surface area contributed by atoms with E-state index in [4.69, 9.17) is 0 Å². The van der Waals surface area contributed by atoms with Gasteiger partial charge in [-0.3, -0.25) is 14.9 Å². The van der Waals surface area contributed by atoms with Crippen molar-refractivity contribution < 1.29 is 14.9 Å². The summed E-state index contributed by atoms with van der Waals surface area (Å²) < 4.78 is 0. The van der Waals surface area contributed by atoms with E-state index in [2.05, 4.69) is 15.8 Å². The number of hydrogen-bond acceptors (Lipinski definition) is 6. The summed E-state index contributed by atoms with van der Waals surface area (Å²) in [6.07, 6.45) is 0. The van der Waals surface area contributed by atoms with Crippen LogP contribution >= 0.6 is 0 Å². The molecule has 2 heterocycles. The van der Waals surface area contributed by atoms with E-state index >= 15 is 0 Å². The molecule has 3 N–H and O–H groups in total. The van der Waals surface area contributed by atoms with Gasteiger partial charge in [0.2, 0.25) is 0 Å². The Kier molecular flexibility index (Phi) is 3.08. The number of nitro groups is 1. The second-order valence-electron chi connectivity index (χ2n) is 5.77. The van der Waals surface area contributed by atoms with Gasteiger partial charge < -0.3 is 15.8 Å². The number of benzene rings is 2. The van der Waals surface area contributed by atoms with Gasteiger partial charge in [-0.2, -0.15) is 0 Å². The summed E-state index contributed by atoms with van der Waals surface area (Å²) in [4.78, 5) is 23.2. The summed E-state index contributed by atoms with van der Waals surface area (Å²) in [5, 5.41) is 29.7. The number of hydrogen-bond donors (Lipinski definition) is 3. The minimum absolute atomic E-state index is 0.108. The number of carbonyl (C=O) groups excluding carboxylic acids is 1. The number of nitro benzene ring substituents is 1. The average Bonchev–Trinajstić information content (AvgIpc) is 3.11. The second kappa shape index (κ2) is 5.17. The molecule has 2 aromatic carbocycles. The molecule has 4 rings (SSSR count). The monoisotopic (exact) mass is 336 g/mol. The molecule has 25 heavy (non-hydrogen) atoms. The number of aryl methyl sites for hydroxylation is 1. The van der Waals surface area contributed by atoms with Crippen LogP contribution in [0.1, 0.15) is 16.7 Å². The Bertz CT molecular complexity index is 1020. The van der Waals surface area contributed by atoms with Gasteiger partial charge in [0.1, 0.15) is 5.71 Å². The fraction of sp³-hybridized carbons (Fsp3) is 0.0588. The summed E-state index contributed by atoms with van der Waals surface area (Å²) >= 11 is 0. The van der Waals surface area contributed by atoms with Gasteiger partial charge in [0.05, 0.1) is 21.9 Å². The van der Waals surface area contributed by atoms with Gasteiger partial charge in [-0.15, -0.1) is 0 Å². The number of anilines is 2. The van der Waals surface area contributed by atoms with E-state index in [1.807, 2.05) is 6.07 Å². The van der Waals surface area contributed by atoms with Crippen LogP contribution in [0.3, 0.4) is 0 Å². The topological polar surface area (TPSA) is 117 Å². The van der Waals surface area contributed by atoms with Crippen LogP contribution in [-0.2, 0) is 4.79 Å². The highest BCUT2D eigenvalue weighted by Crippen LogP contribution is 2.41. The van der Waals surface area contributed by atoms with Gasteiger partial charge in [0, 0.05) is 28.9 Å². The number of allylic oxidation sites excluding steroid dienone is 1. The average molecular weight is 336 g/mol. The highest BCUT2D eigenvalue weighted by molar-refractivity contribution is 6.40. The van der Waals surface area contributed by atoms with E-state index in [1.165, 1.54) is 12.1 Å². The number of carbonyl (C=O) groups is 1. The fourth-order valence-corrected chi connectivity index (χ4v) is 3.20. The Balaban J connectivity index is 1.98. The van der Waals surface area contributed by atoms with Gasteiger partial charge in [-0.05, 0) is 18.6 Å². The van der Waals surface area contributed by atoms with E-state index in [9.17, 15) is 20.1 Å². The first-order chi connectivity index (χ1) is 12.0. The minimum Gasteiger partial charge on any atom is -0.410 e. The van der Waals surface area contributed by atoms with E-state index < -0.39 is 10.8 Å². The van der Waals surface area contributed by atoms with Gasteiger partial charge in [0.15, 0.2) is 0 Å². The van der Waals surface area contributed by atoms with Crippen LogP contribution < -0.4 is 10.6 Å². The molecule has 8 heteroatoms. The van der Waals surface area contributed by atoms with Crippen LogP contribution in [0.4, 0.5) is 17.1 Å². The van der Waals surface area contributed by atoms with Gasteiger partial charge >= 0.3 is 0 Å². The van der Waals surface area contributed by atoms with Gasteiger partial charge in [-0.1, -0.05) is 23.4 Å². The molecule has 0 unspecified atom stereocenters. The quantitative estimate of drug-likeness (QED) is 0.320. The van der Waals surface area contributed by atoms with Crippen molar-refractivity contribution in [3.05, 3.63) is 68.9 Å². The lowest BCUT2D eigenvalue weighted by atomic mass is 9.99. The maximum Gasteiger partial charge on any atom is 0.270 e. The number of nitrogens with one attached hydrogen (secondary N) is 2. The second-order valence-corrected chi connectivity index (χ2v) is 5.77. The fourth-order valence-electron chi connectivity index (χ4n) is 3.20. The van der Waals surface area contributed by atoms with Crippen LogP contribution in [0.25, 0.3) is 5.57 Å². The smallest absolute Gasteiger partial charge is 0.270 e. The van der Waals surface area contributed by atoms with Crippen LogP contribution in [0.5, 0.6) is 0 Å². The highest BCUT2D eigenvalue weighted by atomic mass is 16.6. The first-order valence-electron chi connectivity index (χ1n) is 7.45. The lowest BCUT2D eigenvalue weighted by molar-refractivity contribution is -0.384. The number of para-hydroxylation sites is 1. The van der Waals surface area contributed by atoms with Crippen LogP contribution in [-0.4, -0.2) is 21.7 Å². The van der Waals surface area contributed by atoms with E-state index in [0.29, 0.717) is 33.8 Å². The minimum atomic E-state index is -0.504. The lowest BCUT2D eigenvalue weighted by Gasteiger charge is -2.06. The summed E-state index contributed by atoms with van der Waals surface area (Å²) in [5.41, 5.74) is 3.51. The van der Waals surface area contributed by atoms with E-state index in [-0.39, 0.29) is 17.0 Å². The zero-order valence-corrected chi connectivity index (χ0v) is 13.0. The molecule has 0 fully saturated rings. The van der Waals surface area contributed by atoms with Crippen LogP contribution in [0.15, 0.2) is 47.3 Å². The molecule has 0 bridgehead atoms. The van der Waals surface area contributed by atoms with Crippen molar-refractivity contribution in [2.24, 2.45) is 5.16 Å². The third-order valence-electron chi connectivity index (χ3n) is 4.29. The van der Waals surface area contributed by atoms with Crippen molar-refractivity contribution in [3.63, 3.8) is 0 Å². The van der Waals surface area contributed by atoms with E-state index in [0.717, 1.165) is 0 Å². The molecule has 1 amide bonds. The Labute approximate surface area is 141 Å². The SMILES string of the molecule is Cc1cc([N+](=O)[O-])cc2c1NC(=O)/C2=C1\Nc2ccccc2\C1=N\O. The van der Waals surface area contributed by atoms with Crippen molar-refractivity contribution in [2.75, 3.05) is 10.6 Å². The molecule has 2 aliphatic rings. The molecule has 0 atom stereocenters. The maximum atomic E-state index is 12.5. The molecular weight excluding hydrogens is 324 g/mol. The normalized spacial score (nSPS) is 19.4. The number of rotatable bonds is 1. The van der Waals surface area contributed by atoms with Crippen molar-refractivity contribution >= 4 is 34.3 Å². The van der Waals surface area contributed by atoms with Crippen molar-refractivity contribution in [2.45, 2.75) is 6.92 Å². The third kappa shape index (κ3) is 2.08. The molecule has 0 saturated carbocycles. The number of fused-ring (bicyclic) bond motifs is 2. The number of nitrogens with zero attached hydrogens (tertiary/aromatic N) is 2. The van der Waals surface area contributed by atoms with Crippen molar-refractivity contribution in [1.29, 1.82) is 0 Å². The summed E-state index contributed by atoms with van der Waals surface area (Å²) in [5.74, 6) is -0.407. The number of amides is 1. The molecule has 2 aliphatic heterocycles. The van der Waals surface area contributed by atoms with E-state index in [1.54, 1.807) is 25.1 Å². The van der Waals surface area contributed by atoms with Crippen LogP contribution in [0.2, 0.25) is 0 Å². The summed E-state index contributed by atoms with van der Waals surface area (Å²) in [6.45, 7) is 1.69. The Hall–Kier alpha value is -3.68. The largest absolute Gasteiger partial charge is 0.410 e. The highest BCUT2D eigenvalue weighted by Gasteiger charge is 2.35. The maximum absolute atomic E-state index is 12.5. The molecule has 0 spiro atoms. The predicted molar refractivity (Wildman–Crippen MR) is 91.8 cm³/mol. The Morgan fingerprint density at radius 1 is 1.16 bits per heavy atom. The van der Waals surface area contributed by atoms with Crippen molar-refractivity contribution in [1.82, 2.24) is 0 Å². The summed E-state index contributed by atoms with van der Waals surface area (Å²) in [6, 6.07) is 9.91. The summed E-state index contributed by atoms with van der Waals surface area (Å²) in [7, 11) is 0. The molecule has 0 saturated heterocycles. The molecule has 8 nitrogen and oxygen atoms in total. The number of non-ortho nitro benzene ring substituents is 1. The first-order valence-corrected chi connectivity index (χ1v) is 7.45. The molecule has 2 aromatic rings. The molecule has 0 radical (unpaired) electrons. The molecular formula is C17H12N4O4. The first kappa shape index (κ1) is 14.9. The van der Waals surface area contributed by atoms with Gasteiger partial charge in [0.25, 0.3) is 11.6 Å². The molecule has 0 aromatic heterocycles. The Morgan fingerprint density at radius 3 is 2.64 bits per heavy atom. The van der Waals surface area contributed by atoms with Gasteiger partial charge in [-0.25, -0.2) is 0 Å². The predicted octanol–water partition coefficient (Wildman–Crippen LogP) is 2.87. The number of oxime groups is 1.